The molecule has 37 heavy (non-hydrogen) atoms. The van der Waals surface area contributed by atoms with Crippen LogP contribution in [0.3, 0.4) is 0 Å². The quantitative estimate of drug-likeness (QED) is 0.433. The van der Waals surface area contributed by atoms with E-state index in [4.69, 9.17) is 32.7 Å². The fourth-order valence-corrected chi connectivity index (χ4v) is 5.16. The molecule has 2 aromatic rings. The van der Waals surface area contributed by atoms with Gasteiger partial charge in [-0.3, -0.25) is 13.9 Å². The molecule has 0 unspecified atom stereocenters. The summed E-state index contributed by atoms with van der Waals surface area (Å²) in [5.74, 6) is -0.305. The summed E-state index contributed by atoms with van der Waals surface area (Å²) in [5.41, 5.74) is 0.816. The molecule has 0 fully saturated rings. The molecule has 0 saturated carbocycles. The highest BCUT2D eigenvalue weighted by Crippen LogP contribution is 2.36. The molecule has 0 saturated heterocycles. The number of rotatable bonds is 11. The lowest BCUT2D eigenvalue weighted by atomic mass is 10.1. The SMILES string of the molecule is CC[C@@H](C)NC(=O)[C@H](C)N(Cc1ccc(Cl)cc1Cl)C(=O)CN(c1ccc2c(c1)OCO2)S(=O)(=O)CC. The molecule has 0 spiro atoms. The number of anilines is 1. The van der Waals surface area contributed by atoms with Crippen LogP contribution in [-0.4, -0.2) is 56.3 Å². The standard InChI is InChI=1S/C25H31Cl2N3O6S/c1-5-16(3)28-25(32)17(4)29(13-18-7-8-19(26)11-21(18)27)24(31)14-30(37(33,34)6-2)20-9-10-22-23(12-20)36-15-35-22/h7-12,16-17H,5-6,13-15H2,1-4H3,(H,28,32)/t16-,17+/m1/s1. The molecular weight excluding hydrogens is 541 g/mol. The van der Waals surface area contributed by atoms with Crippen molar-refractivity contribution < 1.29 is 27.5 Å². The number of halogens is 2. The van der Waals surface area contributed by atoms with Gasteiger partial charge >= 0.3 is 0 Å². The number of carbonyl (C=O) groups excluding carboxylic acids is 2. The van der Waals surface area contributed by atoms with Crippen molar-refractivity contribution in [1.29, 1.82) is 0 Å². The summed E-state index contributed by atoms with van der Waals surface area (Å²) >= 11 is 12.4. The molecule has 2 aromatic carbocycles. The van der Waals surface area contributed by atoms with Crippen LogP contribution in [0.15, 0.2) is 36.4 Å². The molecule has 12 heteroatoms. The number of nitrogens with one attached hydrogen (secondary N) is 1. The Morgan fingerprint density at radius 3 is 2.41 bits per heavy atom. The Labute approximate surface area is 227 Å². The molecule has 9 nitrogen and oxygen atoms in total. The molecule has 2 amide bonds. The van der Waals surface area contributed by atoms with Crippen molar-refractivity contribution in [2.75, 3.05) is 23.4 Å². The van der Waals surface area contributed by atoms with Gasteiger partial charge in [0.2, 0.25) is 28.6 Å². The highest BCUT2D eigenvalue weighted by molar-refractivity contribution is 7.92. The second-order valence-corrected chi connectivity index (χ2v) is 11.7. The lowest BCUT2D eigenvalue weighted by Gasteiger charge is -2.32. The van der Waals surface area contributed by atoms with Crippen LogP contribution in [0.2, 0.25) is 10.0 Å². The van der Waals surface area contributed by atoms with E-state index in [2.05, 4.69) is 5.32 Å². The van der Waals surface area contributed by atoms with Crippen LogP contribution in [0, 0.1) is 0 Å². The summed E-state index contributed by atoms with van der Waals surface area (Å²) in [5, 5.41) is 3.64. The summed E-state index contributed by atoms with van der Waals surface area (Å²) < 4.78 is 37.9. The zero-order valence-corrected chi connectivity index (χ0v) is 23.5. The number of hydrogen-bond donors (Lipinski definition) is 1. The Morgan fingerprint density at radius 2 is 1.76 bits per heavy atom. The fraction of sp³-hybridized carbons (Fsp3) is 0.440. The monoisotopic (exact) mass is 571 g/mol. The summed E-state index contributed by atoms with van der Waals surface area (Å²) in [6, 6.07) is 8.50. The maximum absolute atomic E-state index is 13.7. The topological polar surface area (TPSA) is 105 Å². The number of amides is 2. The van der Waals surface area contributed by atoms with Gasteiger partial charge in [-0.15, -0.1) is 0 Å². The van der Waals surface area contributed by atoms with Gasteiger partial charge in [-0.25, -0.2) is 8.42 Å². The Hall–Kier alpha value is -2.69. The minimum absolute atomic E-state index is 0.0227. The highest BCUT2D eigenvalue weighted by Gasteiger charge is 2.32. The molecule has 3 rings (SSSR count). The van der Waals surface area contributed by atoms with E-state index >= 15 is 0 Å². The Kier molecular flexibility index (Phi) is 9.55. The van der Waals surface area contributed by atoms with Gasteiger partial charge < -0.3 is 19.7 Å². The predicted octanol–water partition coefficient (Wildman–Crippen LogP) is 4.21. The lowest BCUT2D eigenvalue weighted by molar-refractivity contribution is -0.139. The van der Waals surface area contributed by atoms with E-state index < -0.39 is 28.5 Å². The first-order valence-electron chi connectivity index (χ1n) is 11.9. The molecule has 0 aromatic heterocycles. The van der Waals surface area contributed by atoms with Gasteiger partial charge in [0.25, 0.3) is 0 Å². The van der Waals surface area contributed by atoms with Gasteiger partial charge in [0.1, 0.15) is 12.6 Å². The normalized spacial score (nSPS) is 14.1. The number of carbonyl (C=O) groups is 2. The predicted molar refractivity (Wildman–Crippen MR) is 144 cm³/mol. The zero-order chi connectivity index (χ0) is 27.3. The average Bonchev–Trinajstić information content (AvgIpc) is 3.34. The highest BCUT2D eigenvalue weighted by atomic mass is 35.5. The van der Waals surface area contributed by atoms with Crippen LogP contribution in [-0.2, 0) is 26.2 Å². The van der Waals surface area contributed by atoms with E-state index in [1.807, 2.05) is 13.8 Å². The van der Waals surface area contributed by atoms with Crippen LogP contribution < -0.4 is 19.1 Å². The molecule has 2 atom stereocenters. The second-order valence-electron chi connectivity index (χ2n) is 8.70. The fourth-order valence-electron chi connectivity index (χ4n) is 3.64. The first-order chi connectivity index (χ1) is 17.5. The molecule has 1 aliphatic heterocycles. The van der Waals surface area contributed by atoms with Crippen molar-refractivity contribution in [2.45, 2.75) is 52.7 Å². The smallest absolute Gasteiger partial charge is 0.244 e. The summed E-state index contributed by atoms with van der Waals surface area (Å²) in [4.78, 5) is 28.0. The average molecular weight is 573 g/mol. The second kappa shape index (κ2) is 12.2. The lowest BCUT2D eigenvalue weighted by Crippen LogP contribution is -2.52. The molecule has 1 aliphatic rings. The Morgan fingerprint density at radius 1 is 1.05 bits per heavy atom. The summed E-state index contributed by atoms with van der Waals surface area (Å²) in [6.45, 7) is 6.36. The van der Waals surface area contributed by atoms with Crippen molar-refractivity contribution in [1.82, 2.24) is 10.2 Å². The van der Waals surface area contributed by atoms with Crippen molar-refractivity contribution in [3.63, 3.8) is 0 Å². The third-order valence-corrected chi connectivity index (χ3v) is 8.48. The molecule has 202 valence electrons. The molecular formula is C25H31Cl2N3O6S. The van der Waals surface area contributed by atoms with Crippen molar-refractivity contribution in [2.24, 2.45) is 0 Å². The molecule has 0 aliphatic carbocycles. The maximum atomic E-state index is 13.7. The van der Waals surface area contributed by atoms with Crippen LogP contribution >= 0.6 is 23.2 Å². The first-order valence-corrected chi connectivity index (χ1v) is 14.3. The molecule has 0 bridgehead atoms. The van der Waals surface area contributed by atoms with E-state index in [1.54, 1.807) is 37.3 Å². The number of fused-ring (bicyclic) bond motifs is 1. The van der Waals surface area contributed by atoms with E-state index in [0.29, 0.717) is 33.5 Å². The number of sulfonamides is 1. The molecule has 0 radical (unpaired) electrons. The van der Waals surface area contributed by atoms with E-state index in [-0.39, 0.29) is 36.7 Å². The minimum Gasteiger partial charge on any atom is -0.454 e. The number of nitrogens with zero attached hydrogens (tertiary/aromatic N) is 2. The number of hydrogen-bond acceptors (Lipinski definition) is 6. The van der Waals surface area contributed by atoms with Crippen LogP contribution in [0.1, 0.15) is 39.7 Å². The summed E-state index contributed by atoms with van der Waals surface area (Å²) in [7, 11) is -3.87. The Balaban J connectivity index is 1.96. The van der Waals surface area contributed by atoms with Crippen molar-refractivity contribution >= 4 is 50.7 Å². The molecule has 1 heterocycles. The molecule has 1 N–H and O–H groups in total. The zero-order valence-electron chi connectivity index (χ0n) is 21.2. The van der Waals surface area contributed by atoms with Gasteiger partial charge in [0.15, 0.2) is 11.5 Å². The van der Waals surface area contributed by atoms with Gasteiger partial charge in [-0.1, -0.05) is 36.2 Å². The van der Waals surface area contributed by atoms with Crippen LogP contribution in [0.4, 0.5) is 5.69 Å². The largest absolute Gasteiger partial charge is 0.454 e. The van der Waals surface area contributed by atoms with E-state index in [0.717, 1.165) is 4.31 Å². The maximum Gasteiger partial charge on any atom is 0.244 e. The van der Waals surface area contributed by atoms with Gasteiger partial charge in [0.05, 0.1) is 11.4 Å². The number of ether oxygens (including phenoxy) is 2. The van der Waals surface area contributed by atoms with Crippen molar-refractivity contribution in [3.05, 3.63) is 52.0 Å². The van der Waals surface area contributed by atoms with E-state index in [9.17, 15) is 18.0 Å². The Bertz CT molecular complexity index is 1260. The van der Waals surface area contributed by atoms with Crippen molar-refractivity contribution in [3.8, 4) is 11.5 Å². The third kappa shape index (κ3) is 7.00. The summed E-state index contributed by atoms with van der Waals surface area (Å²) in [6.07, 6.45) is 0.710. The van der Waals surface area contributed by atoms with Gasteiger partial charge in [-0.05, 0) is 57.0 Å². The van der Waals surface area contributed by atoms with Gasteiger partial charge in [0, 0.05) is 28.7 Å². The van der Waals surface area contributed by atoms with E-state index in [1.165, 1.54) is 17.9 Å². The van der Waals surface area contributed by atoms with Crippen LogP contribution in [0.5, 0.6) is 11.5 Å². The third-order valence-electron chi connectivity index (χ3n) is 6.15. The number of benzene rings is 2. The first kappa shape index (κ1) is 28.9. The minimum atomic E-state index is -3.87. The van der Waals surface area contributed by atoms with Gasteiger partial charge in [-0.2, -0.15) is 0 Å². The van der Waals surface area contributed by atoms with Crippen LogP contribution in [0.25, 0.3) is 0 Å².